The number of amides is 1. The first-order valence-corrected chi connectivity index (χ1v) is 6.61. The largest absolute Gasteiger partial charge is 0.317 e. The molecule has 0 unspecified atom stereocenters. The lowest BCUT2D eigenvalue weighted by Crippen LogP contribution is -2.28. The van der Waals surface area contributed by atoms with Gasteiger partial charge in [-0.3, -0.25) is 4.79 Å². The highest BCUT2D eigenvalue weighted by molar-refractivity contribution is 6.28. The van der Waals surface area contributed by atoms with E-state index in [2.05, 4.69) is 20.6 Å². The Morgan fingerprint density at radius 2 is 2.28 bits per heavy atom. The van der Waals surface area contributed by atoms with E-state index in [0.717, 1.165) is 32.4 Å². The lowest BCUT2D eigenvalue weighted by Gasteiger charge is -2.22. The van der Waals surface area contributed by atoms with Gasteiger partial charge in [0, 0.05) is 12.6 Å². The van der Waals surface area contributed by atoms with Crippen LogP contribution in [-0.2, 0) is 4.79 Å². The first-order valence-electron chi connectivity index (χ1n) is 6.23. The molecule has 5 nitrogen and oxygen atoms in total. The van der Waals surface area contributed by atoms with Crippen molar-refractivity contribution < 1.29 is 4.79 Å². The molecule has 0 saturated carbocycles. The third-order valence-electron chi connectivity index (χ3n) is 3.13. The van der Waals surface area contributed by atoms with Gasteiger partial charge in [0.25, 0.3) is 0 Å². The van der Waals surface area contributed by atoms with Crippen LogP contribution in [0.25, 0.3) is 0 Å². The number of rotatable bonds is 4. The SMILES string of the molecule is O=C(CCC1CCNCC1)Nc1ccnc(Cl)n1. The van der Waals surface area contributed by atoms with E-state index in [-0.39, 0.29) is 11.2 Å². The summed E-state index contributed by atoms with van der Waals surface area (Å²) >= 11 is 5.65. The molecule has 98 valence electrons. The molecule has 2 rings (SSSR count). The summed E-state index contributed by atoms with van der Waals surface area (Å²) in [6.07, 6.45) is 5.32. The normalized spacial score (nSPS) is 16.5. The Morgan fingerprint density at radius 1 is 1.50 bits per heavy atom. The number of anilines is 1. The first-order chi connectivity index (χ1) is 8.74. The predicted molar refractivity (Wildman–Crippen MR) is 70.5 cm³/mol. The first kappa shape index (κ1) is 13.2. The molecule has 6 heteroatoms. The fourth-order valence-electron chi connectivity index (χ4n) is 2.12. The molecule has 0 spiro atoms. The summed E-state index contributed by atoms with van der Waals surface area (Å²) in [7, 11) is 0. The van der Waals surface area contributed by atoms with E-state index in [1.807, 2.05) is 0 Å². The van der Waals surface area contributed by atoms with E-state index in [9.17, 15) is 4.79 Å². The van der Waals surface area contributed by atoms with Crippen molar-refractivity contribution in [2.24, 2.45) is 5.92 Å². The fraction of sp³-hybridized carbons (Fsp3) is 0.583. The summed E-state index contributed by atoms with van der Waals surface area (Å²) in [4.78, 5) is 19.4. The number of hydrogen-bond acceptors (Lipinski definition) is 4. The van der Waals surface area contributed by atoms with Crippen molar-refractivity contribution in [3.8, 4) is 0 Å². The lowest BCUT2D eigenvalue weighted by molar-refractivity contribution is -0.116. The van der Waals surface area contributed by atoms with Crippen molar-refractivity contribution in [2.75, 3.05) is 18.4 Å². The second-order valence-electron chi connectivity index (χ2n) is 4.49. The second kappa shape index (κ2) is 6.66. The number of nitrogens with one attached hydrogen (secondary N) is 2. The third kappa shape index (κ3) is 4.23. The molecule has 0 radical (unpaired) electrons. The standard InChI is InChI=1S/C12H17ClN4O/c13-12-15-8-5-10(17-12)16-11(18)2-1-9-3-6-14-7-4-9/h5,8-9,14H,1-4,6-7H2,(H,15,16,17,18). The Morgan fingerprint density at radius 3 is 3.00 bits per heavy atom. The molecule has 1 aromatic rings. The summed E-state index contributed by atoms with van der Waals surface area (Å²) in [6.45, 7) is 2.13. The molecule has 0 aromatic carbocycles. The average Bonchev–Trinajstić information content (AvgIpc) is 2.38. The van der Waals surface area contributed by atoms with Crippen LogP contribution in [0.15, 0.2) is 12.3 Å². The second-order valence-corrected chi connectivity index (χ2v) is 4.83. The number of nitrogens with zero attached hydrogens (tertiary/aromatic N) is 2. The Bertz CT molecular complexity index is 407. The Kier molecular flexibility index (Phi) is 4.90. The molecule has 0 aliphatic carbocycles. The molecule has 1 saturated heterocycles. The van der Waals surface area contributed by atoms with Crippen molar-refractivity contribution >= 4 is 23.3 Å². The van der Waals surface area contributed by atoms with Gasteiger partial charge in [-0.2, -0.15) is 0 Å². The van der Waals surface area contributed by atoms with Gasteiger partial charge in [0.2, 0.25) is 11.2 Å². The van der Waals surface area contributed by atoms with Gasteiger partial charge in [-0.1, -0.05) is 0 Å². The zero-order valence-corrected chi connectivity index (χ0v) is 10.9. The van der Waals surface area contributed by atoms with Gasteiger partial charge in [0.05, 0.1) is 0 Å². The van der Waals surface area contributed by atoms with Crippen LogP contribution < -0.4 is 10.6 Å². The molecular weight excluding hydrogens is 252 g/mol. The minimum Gasteiger partial charge on any atom is -0.317 e. The minimum absolute atomic E-state index is 0.0108. The van der Waals surface area contributed by atoms with Gasteiger partial charge in [0.1, 0.15) is 5.82 Å². The maximum Gasteiger partial charge on any atom is 0.225 e. The zero-order chi connectivity index (χ0) is 12.8. The molecule has 0 bridgehead atoms. The molecule has 0 atom stereocenters. The maximum atomic E-state index is 11.7. The number of halogens is 1. The Balaban J connectivity index is 1.74. The van der Waals surface area contributed by atoms with E-state index in [4.69, 9.17) is 11.6 Å². The molecule has 1 aromatic heterocycles. The summed E-state index contributed by atoms with van der Waals surface area (Å²) < 4.78 is 0. The van der Waals surface area contributed by atoms with Crippen molar-refractivity contribution in [3.63, 3.8) is 0 Å². The zero-order valence-electron chi connectivity index (χ0n) is 10.2. The van der Waals surface area contributed by atoms with E-state index < -0.39 is 0 Å². The minimum atomic E-state index is -0.0108. The van der Waals surface area contributed by atoms with Gasteiger partial charge < -0.3 is 10.6 Å². The smallest absolute Gasteiger partial charge is 0.225 e. The van der Waals surface area contributed by atoms with Crippen LogP contribution in [0.5, 0.6) is 0 Å². The Labute approximate surface area is 111 Å². The van der Waals surface area contributed by atoms with Crippen LogP contribution in [0.1, 0.15) is 25.7 Å². The van der Waals surface area contributed by atoms with Crippen molar-refractivity contribution in [1.82, 2.24) is 15.3 Å². The molecule has 1 amide bonds. The summed E-state index contributed by atoms with van der Waals surface area (Å²) in [5, 5.41) is 6.19. The summed E-state index contributed by atoms with van der Waals surface area (Å²) in [5.41, 5.74) is 0. The van der Waals surface area contributed by atoms with Crippen LogP contribution in [0.2, 0.25) is 5.28 Å². The van der Waals surface area contributed by atoms with Crippen LogP contribution in [0.3, 0.4) is 0 Å². The Hall–Kier alpha value is -1.20. The predicted octanol–water partition coefficient (Wildman–Crippen LogP) is 1.85. The maximum absolute atomic E-state index is 11.7. The quantitative estimate of drug-likeness (QED) is 0.818. The van der Waals surface area contributed by atoms with Crippen LogP contribution in [0, 0.1) is 5.92 Å². The lowest BCUT2D eigenvalue weighted by atomic mass is 9.93. The highest BCUT2D eigenvalue weighted by atomic mass is 35.5. The number of aromatic nitrogens is 2. The highest BCUT2D eigenvalue weighted by Gasteiger charge is 2.14. The number of carbonyl (C=O) groups is 1. The summed E-state index contributed by atoms with van der Waals surface area (Å²) in [6, 6.07) is 1.63. The van der Waals surface area contributed by atoms with Gasteiger partial charge in [-0.05, 0) is 55.9 Å². The number of carbonyl (C=O) groups excluding carboxylic acids is 1. The fourth-order valence-corrected chi connectivity index (χ4v) is 2.26. The van der Waals surface area contributed by atoms with Crippen molar-refractivity contribution in [3.05, 3.63) is 17.5 Å². The van der Waals surface area contributed by atoms with Crippen molar-refractivity contribution in [2.45, 2.75) is 25.7 Å². The molecule has 1 aliphatic heterocycles. The molecule has 1 aliphatic rings. The molecular formula is C12H17ClN4O. The monoisotopic (exact) mass is 268 g/mol. The van der Waals surface area contributed by atoms with Gasteiger partial charge in [0.15, 0.2) is 0 Å². The number of piperidine rings is 1. The summed E-state index contributed by atoms with van der Waals surface area (Å²) in [5.74, 6) is 1.11. The number of hydrogen-bond donors (Lipinski definition) is 2. The van der Waals surface area contributed by atoms with E-state index in [0.29, 0.717) is 18.2 Å². The van der Waals surface area contributed by atoms with Crippen LogP contribution >= 0.6 is 11.6 Å². The van der Waals surface area contributed by atoms with Crippen molar-refractivity contribution in [1.29, 1.82) is 0 Å². The van der Waals surface area contributed by atoms with E-state index in [1.54, 1.807) is 6.07 Å². The molecule has 2 heterocycles. The molecule has 2 N–H and O–H groups in total. The average molecular weight is 269 g/mol. The topological polar surface area (TPSA) is 66.9 Å². The van der Waals surface area contributed by atoms with Gasteiger partial charge >= 0.3 is 0 Å². The van der Waals surface area contributed by atoms with E-state index in [1.165, 1.54) is 6.20 Å². The van der Waals surface area contributed by atoms with Gasteiger partial charge in [-0.15, -0.1) is 0 Å². The third-order valence-corrected chi connectivity index (χ3v) is 3.31. The molecule has 1 fully saturated rings. The highest BCUT2D eigenvalue weighted by Crippen LogP contribution is 2.18. The van der Waals surface area contributed by atoms with Gasteiger partial charge in [-0.25, -0.2) is 9.97 Å². The van der Waals surface area contributed by atoms with Crippen LogP contribution in [-0.4, -0.2) is 29.0 Å². The van der Waals surface area contributed by atoms with Crippen LogP contribution in [0.4, 0.5) is 5.82 Å². The van der Waals surface area contributed by atoms with E-state index >= 15 is 0 Å². The molecule has 18 heavy (non-hydrogen) atoms.